The summed E-state index contributed by atoms with van der Waals surface area (Å²) in [6.07, 6.45) is 2.31. The number of nitrogens with zero attached hydrogens (tertiary/aromatic N) is 3. The van der Waals surface area contributed by atoms with E-state index in [2.05, 4.69) is 15.5 Å². The van der Waals surface area contributed by atoms with E-state index in [0.29, 0.717) is 31.8 Å². The van der Waals surface area contributed by atoms with Crippen molar-refractivity contribution >= 4 is 58.2 Å². The summed E-state index contributed by atoms with van der Waals surface area (Å²) < 4.78 is 1.95. The number of nitrogens with one attached hydrogen (secondary N) is 1. The number of amides is 1. The van der Waals surface area contributed by atoms with Crippen molar-refractivity contribution in [3.05, 3.63) is 33.0 Å². The Balaban J connectivity index is 1.69. The van der Waals surface area contributed by atoms with Crippen molar-refractivity contribution in [1.82, 2.24) is 14.8 Å². The second-order valence-corrected chi connectivity index (χ2v) is 8.23. The molecule has 24 heavy (non-hydrogen) atoms. The fraction of sp³-hybridized carbons (Fsp3) is 0.400. The highest BCUT2D eigenvalue weighted by Gasteiger charge is 2.30. The molecule has 1 aromatic carbocycles. The summed E-state index contributed by atoms with van der Waals surface area (Å²) in [4.78, 5) is 12.4. The van der Waals surface area contributed by atoms with Crippen LogP contribution in [0.2, 0.25) is 15.1 Å². The van der Waals surface area contributed by atoms with E-state index >= 15 is 0 Å². The highest BCUT2D eigenvalue weighted by molar-refractivity contribution is 8.00. The molecular weight excluding hydrogens is 391 g/mol. The molecule has 0 saturated heterocycles. The molecule has 2 aromatic rings. The van der Waals surface area contributed by atoms with Crippen molar-refractivity contribution in [1.29, 1.82) is 0 Å². The third-order valence-electron chi connectivity index (χ3n) is 3.72. The summed E-state index contributed by atoms with van der Waals surface area (Å²) in [7, 11) is 1.92. The minimum Gasteiger partial charge on any atom is -0.323 e. The third kappa shape index (κ3) is 3.82. The SMILES string of the molecule is C[C@H](Sc1nnc(C2CC2)n1C)C(=O)Nc1c(Cl)cc(Cl)cc1Cl. The van der Waals surface area contributed by atoms with Crippen LogP contribution in [0.4, 0.5) is 5.69 Å². The second kappa shape index (κ2) is 7.12. The molecule has 1 aliphatic carbocycles. The minimum atomic E-state index is -0.386. The predicted octanol–water partition coefficient (Wildman–Crippen LogP) is 4.77. The van der Waals surface area contributed by atoms with E-state index in [-0.39, 0.29) is 11.2 Å². The van der Waals surface area contributed by atoms with Gasteiger partial charge in [0.1, 0.15) is 5.82 Å². The summed E-state index contributed by atoms with van der Waals surface area (Å²) in [6.45, 7) is 1.79. The van der Waals surface area contributed by atoms with Crippen molar-refractivity contribution in [2.75, 3.05) is 5.32 Å². The quantitative estimate of drug-likeness (QED) is 0.728. The smallest absolute Gasteiger partial charge is 0.237 e. The minimum absolute atomic E-state index is 0.220. The van der Waals surface area contributed by atoms with Gasteiger partial charge in [-0.15, -0.1) is 10.2 Å². The molecule has 0 spiro atoms. The summed E-state index contributed by atoms with van der Waals surface area (Å²) in [5.74, 6) is 1.27. The number of thioether (sulfide) groups is 1. The molecule has 3 rings (SSSR count). The van der Waals surface area contributed by atoms with Gasteiger partial charge in [0.05, 0.1) is 21.0 Å². The van der Waals surface area contributed by atoms with Crippen molar-refractivity contribution in [3.63, 3.8) is 0 Å². The molecular formula is C15H15Cl3N4OS. The van der Waals surface area contributed by atoms with Crippen LogP contribution in [-0.2, 0) is 11.8 Å². The molecule has 0 bridgehead atoms. The molecule has 1 saturated carbocycles. The van der Waals surface area contributed by atoms with Gasteiger partial charge < -0.3 is 9.88 Å². The first-order valence-corrected chi connectivity index (χ1v) is 9.39. The van der Waals surface area contributed by atoms with Crippen LogP contribution in [0.25, 0.3) is 0 Å². The Bertz CT molecular complexity index is 768. The van der Waals surface area contributed by atoms with E-state index in [4.69, 9.17) is 34.8 Å². The number of carbonyl (C=O) groups is 1. The topological polar surface area (TPSA) is 59.8 Å². The lowest BCUT2D eigenvalue weighted by atomic mass is 10.3. The van der Waals surface area contributed by atoms with Crippen LogP contribution in [0.1, 0.15) is 31.5 Å². The first-order chi connectivity index (χ1) is 11.4. The summed E-state index contributed by atoms with van der Waals surface area (Å²) in [6, 6.07) is 3.07. The second-order valence-electron chi connectivity index (χ2n) is 5.67. The molecule has 1 N–H and O–H groups in total. The highest BCUT2D eigenvalue weighted by atomic mass is 35.5. The highest BCUT2D eigenvalue weighted by Crippen LogP contribution is 2.40. The lowest BCUT2D eigenvalue weighted by Gasteiger charge is -2.14. The maximum Gasteiger partial charge on any atom is 0.237 e. The molecule has 9 heteroatoms. The Morgan fingerprint density at radius 1 is 1.29 bits per heavy atom. The largest absolute Gasteiger partial charge is 0.323 e. The fourth-order valence-electron chi connectivity index (χ4n) is 2.22. The monoisotopic (exact) mass is 404 g/mol. The number of rotatable bonds is 5. The molecule has 0 radical (unpaired) electrons. The Labute approximate surface area is 159 Å². The number of hydrogen-bond acceptors (Lipinski definition) is 4. The van der Waals surface area contributed by atoms with Gasteiger partial charge in [-0.05, 0) is 31.9 Å². The summed E-state index contributed by atoms with van der Waals surface area (Å²) in [5.41, 5.74) is 0.358. The third-order valence-corrected chi connectivity index (χ3v) is 5.67. The van der Waals surface area contributed by atoms with Gasteiger partial charge >= 0.3 is 0 Å². The zero-order valence-corrected chi connectivity index (χ0v) is 16.1. The van der Waals surface area contributed by atoms with Gasteiger partial charge in [0, 0.05) is 18.0 Å². The Morgan fingerprint density at radius 2 is 1.92 bits per heavy atom. The van der Waals surface area contributed by atoms with E-state index in [1.54, 1.807) is 6.92 Å². The van der Waals surface area contributed by atoms with Crippen LogP contribution in [0.5, 0.6) is 0 Å². The van der Waals surface area contributed by atoms with E-state index in [9.17, 15) is 4.79 Å². The first-order valence-electron chi connectivity index (χ1n) is 7.38. The van der Waals surface area contributed by atoms with Crippen molar-refractivity contribution in [3.8, 4) is 0 Å². The van der Waals surface area contributed by atoms with Gasteiger partial charge in [-0.2, -0.15) is 0 Å². The van der Waals surface area contributed by atoms with E-state index in [1.165, 1.54) is 23.9 Å². The van der Waals surface area contributed by atoms with Gasteiger partial charge in [-0.3, -0.25) is 4.79 Å². The molecule has 1 fully saturated rings. The van der Waals surface area contributed by atoms with Crippen LogP contribution in [0, 0.1) is 0 Å². The van der Waals surface area contributed by atoms with Gasteiger partial charge in [0.15, 0.2) is 5.16 Å². The van der Waals surface area contributed by atoms with Crippen LogP contribution in [-0.4, -0.2) is 25.9 Å². The van der Waals surface area contributed by atoms with Crippen molar-refractivity contribution in [2.45, 2.75) is 36.1 Å². The number of anilines is 1. The Kier molecular flexibility index (Phi) is 5.30. The van der Waals surface area contributed by atoms with Gasteiger partial charge in [-0.25, -0.2) is 0 Å². The van der Waals surface area contributed by atoms with E-state index in [1.807, 2.05) is 11.6 Å². The average Bonchev–Trinajstić information content (AvgIpc) is 3.28. The zero-order chi connectivity index (χ0) is 17.4. The van der Waals surface area contributed by atoms with E-state index in [0.717, 1.165) is 18.7 Å². The van der Waals surface area contributed by atoms with E-state index < -0.39 is 0 Å². The molecule has 5 nitrogen and oxygen atoms in total. The number of hydrogen-bond donors (Lipinski definition) is 1. The van der Waals surface area contributed by atoms with Gasteiger partial charge in [0.25, 0.3) is 0 Å². The molecule has 128 valence electrons. The molecule has 1 aromatic heterocycles. The fourth-order valence-corrected chi connectivity index (χ4v) is 3.96. The lowest BCUT2D eigenvalue weighted by Crippen LogP contribution is -2.23. The zero-order valence-electron chi connectivity index (χ0n) is 13.0. The summed E-state index contributed by atoms with van der Waals surface area (Å²) >= 11 is 19.4. The number of benzene rings is 1. The Morgan fingerprint density at radius 3 is 2.50 bits per heavy atom. The van der Waals surface area contributed by atoms with Crippen molar-refractivity contribution in [2.24, 2.45) is 7.05 Å². The number of halogens is 3. The Hall–Kier alpha value is -0.950. The van der Waals surface area contributed by atoms with Crippen molar-refractivity contribution < 1.29 is 4.79 Å². The first kappa shape index (κ1) is 17.9. The average molecular weight is 406 g/mol. The maximum atomic E-state index is 12.4. The molecule has 0 unspecified atom stereocenters. The molecule has 1 aliphatic rings. The summed E-state index contributed by atoms with van der Waals surface area (Å²) in [5, 5.41) is 12.5. The molecule has 1 atom stereocenters. The normalized spacial score (nSPS) is 15.4. The molecule has 1 amide bonds. The van der Waals surface area contributed by atoms with Crippen LogP contribution in [0.15, 0.2) is 17.3 Å². The van der Waals surface area contributed by atoms with Crippen LogP contribution in [0.3, 0.4) is 0 Å². The standard InChI is InChI=1S/C15H15Cl3N4OS/c1-7(24-15-21-20-13(22(15)2)8-3-4-8)14(23)19-12-10(17)5-9(16)6-11(12)18/h5-8H,3-4H2,1-2H3,(H,19,23)/t7-/m0/s1. The lowest BCUT2D eigenvalue weighted by molar-refractivity contribution is -0.115. The molecule has 1 heterocycles. The maximum absolute atomic E-state index is 12.4. The van der Waals surface area contributed by atoms with Crippen LogP contribution < -0.4 is 5.32 Å². The van der Waals surface area contributed by atoms with Gasteiger partial charge in [0.2, 0.25) is 5.91 Å². The molecule has 0 aliphatic heterocycles. The predicted molar refractivity (Wildman–Crippen MR) is 98.4 cm³/mol. The number of carbonyl (C=O) groups excluding carboxylic acids is 1. The van der Waals surface area contributed by atoms with Gasteiger partial charge in [-0.1, -0.05) is 46.6 Å². The van der Waals surface area contributed by atoms with Crippen LogP contribution >= 0.6 is 46.6 Å². The number of aromatic nitrogens is 3.